The summed E-state index contributed by atoms with van der Waals surface area (Å²) in [5.41, 5.74) is 0.548. The Balaban J connectivity index is 2.46. The van der Waals surface area contributed by atoms with Gasteiger partial charge < -0.3 is 4.74 Å². The van der Waals surface area contributed by atoms with Crippen molar-refractivity contribution in [2.24, 2.45) is 0 Å². The Morgan fingerprint density at radius 3 is 2.47 bits per heavy atom. The summed E-state index contributed by atoms with van der Waals surface area (Å²) in [4.78, 5) is 14.6. The molecule has 0 saturated carbocycles. The number of halogens is 3. The molecular weight excluding hydrogens is 259 g/mol. The topological polar surface area (TPSA) is 39.2 Å². The van der Waals surface area contributed by atoms with Gasteiger partial charge in [-0.2, -0.15) is 0 Å². The molecule has 2 rings (SSSR count). The molecule has 0 aliphatic heterocycles. The van der Waals surface area contributed by atoms with Crippen LogP contribution in [0, 0.1) is 0 Å². The second kappa shape index (κ2) is 5.09. The Morgan fingerprint density at radius 1 is 1.05 bits per heavy atom. The fourth-order valence-corrected chi connectivity index (χ4v) is 1.56. The minimum absolute atomic E-state index is 0.138. The van der Waals surface area contributed by atoms with Crippen LogP contribution in [-0.4, -0.2) is 17.6 Å². The van der Waals surface area contributed by atoms with E-state index in [4.69, 9.17) is 0 Å². The van der Waals surface area contributed by atoms with Gasteiger partial charge in [-0.15, -0.1) is 13.2 Å². The molecule has 0 bridgehead atoms. The first-order chi connectivity index (χ1) is 8.99. The van der Waals surface area contributed by atoms with Gasteiger partial charge in [0.15, 0.2) is 6.29 Å². The number of rotatable bonds is 3. The molecule has 1 aromatic carbocycles. The standard InChI is InChI=1S/C13H8F3NO2/c14-13(15,16)19-12-7-2-1-5-10(12)11-6-3-4-9(8-18)17-11/h1-8H. The first-order valence-electron chi connectivity index (χ1n) is 5.27. The highest BCUT2D eigenvalue weighted by atomic mass is 19.4. The second-order valence-electron chi connectivity index (χ2n) is 3.61. The van der Waals surface area contributed by atoms with Crippen LogP contribution in [0.15, 0.2) is 42.5 Å². The fraction of sp³-hybridized carbons (Fsp3) is 0.0769. The van der Waals surface area contributed by atoms with Gasteiger partial charge in [0.2, 0.25) is 0 Å². The van der Waals surface area contributed by atoms with Gasteiger partial charge >= 0.3 is 6.36 Å². The van der Waals surface area contributed by atoms with E-state index >= 15 is 0 Å². The number of para-hydroxylation sites is 1. The van der Waals surface area contributed by atoms with E-state index in [0.29, 0.717) is 6.29 Å². The first-order valence-corrected chi connectivity index (χ1v) is 5.27. The van der Waals surface area contributed by atoms with E-state index in [0.717, 1.165) is 0 Å². The number of aldehydes is 1. The monoisotopic (exact) mass is 267 g/mol. The summed E-state index contributed by atoms with van der Waals surface area (Å²) in [6.45, 7) is 0. The zero-order valence-corrected chi connectivity index (χ0v) is 9.52. The Hall–Kier alpha value is -2.37. The quantitative estimate of drug-likeness (QED) is 0.799. The largest absolute Gasteiger partial charge is 0.573 e. The first kappa shape index (κ1) is 13.1. The minimum Gasteiger partial charge on any atom is -0.405 e. The molecule has 0 aliphatic carbocycles. The lowest BCUT2D eigenvalue weighted by Crippen LogP contribution is -2.17. The number of benzene rings is 1. The molecule has 0 fully saturated rings. The van der Waals surface area contributed by atoms with E-state index < -0.39 is 6.36 Å². The fourth-order valence-electron chi connectivity index (χ4n) is 1.56. The lowest BCUT2D eigenvalue weighted by atomic mass is 10.1. The lowest BCUT2D eigenvalue weighted by molar-refractivity contribution is -0.274. The maximum absolute atomic E-state index is 12.3. The van der Waals surface area contributed by atoms with Crippen LogP contribution in [-0.2, 0) is 0 Å². The molecule has 19 heavy (non-hydrogen) atoms. The number of pyridine rings is 1. The summed E-state index contributed by atoms with van der Waals surface area (Å²) in [6, 6.07) is 10.1. The van der Waals surface area contributed by atoms with Crippen molar-refractivity contribution < 1.29 is 22.7 Å². The van der Waals surface area contributed by atoms with Crippen molar-refractivity contribution >= 4 is 6.29 Å². The molecule has 0 unspecified atom stereocenters. The number of aromatic nitrogens is 1. The second-order valence-corrected chi connectivity index (χ2v) is 3.61. The normalized spacial score (nSPS) is 11.1. The maximum atomic E-state index is 12.3. The van der Waals surface area contributed by atoms with Gasteiger partial charge in [-0.25, -0.2) is 4.98 Å². The van der Waals surface area contributed by atoms with Crippen molar-refractivity contribution in [2.75, 3.05) is 0 Å². The summed E-state index contributed by atoms with van der Waals surface area (Å²) < 4.78 is 40.8. The van der Waals surface area contributed by atoms with Crippen LogP contribution >= 0.6 is 0 Å². The number of alkyl halides is 3. The van der Waals surface area contributed by atoms with E-state index in [2.05, 4.69) is 9.72 Å². The summed E-state index contributed by atoms with van der Waals surface area (Å²) in [6.07, 6.45) is -4.25. The number of carbonyl (C=O) groups excluding carboxylic acids is 1. The van der Waals surface area contributed by atoms with Gasteiger partial charge in [0.1, 0.15) is 11.4 Å². The highest BCUT2D eigenvalue weighted by Crippen LogP contribution is 2.32. The smallest absolute Gasteiger partial charge is 0.405 e. The van der Waals surface area contributed by atoms with Crippen LogP contribution in [0.25, 0.3) is 11.3 Å². The third-order valence-electron chi connectivity index (χ3n) is 2.28. The molecule has 0 spiro atoms. The van der Waals surface area contributed by atoms with Gasteiger partial charge in [0.05, 0.1) is 5.69 Å². The molecule has 0 radical (unpaired) electrons. The van der Waals surface area contributed by atoms with Crippen molar-refractivity contribution in [3.8, 4) is 17.0 Å². The molecule has 3 nitrogen and oxygen atoms in total. The van der Waals surface area contributed by atoms with Crippen LogP contribution < -0.4 is 4.74 Å². The number of hydrogen-bond acceptors (Lipinski definition) is 3. The Labute approximate surface area is 106 Å². The summed E-state index contributed by atoms with van der Waals surface area (Å²) in [5.74, 6) is -0.356. The van der Waals surface area contributed by atoms with Crippen LogP contribution in [0.4, 0.5) is 13.2 Å². The van der Waals surface area contributed by atoms with E-state index in [-0.39, 0.29) is 22.7 Å². The van der Waals surface area contributed by atoms with E-state index in [9.17, 15) is 18.0 Å². The number of nitrogens with zero attached hydrogens (tertiary/aromatic N) is 1. The zero-order valence-electron chi connectivity index (χ0n) is 9.52. The SMILES string of the molecule is O=Cc1cccc(-c2ccccc2OC(F)(F)F)n1. The Bertz CT molecular complexity index is 596. The molecule has 0 N–H and O–H groups in total. The van der Waals surface area contributed by atoms with Gasteiger partial charge in [-0.1, -0.05) is 18.2 Å². The molecule has 0 atom stereocenters. The number of ether oxygens (including phenoxy) is 1. The summed E-state index contributed by atoms with van der Waals surface area (Å²) >= 11 is 0. The lowest BCUT2D eigenvalue weighted by Gasteiger charge is -2.12. The van der Waals surface area contributed by atoms with Gasteiger partial charge in [0, 0.05) is 5.56 Å². The van der Waals surface area contributed by atoms with Gasteiger partial charge in [-0.3, -0.25) is 4.79 Å². The van der Waals surface area contributed by atoms with Crippen LogP contribution in [0.1, 0.15) is 10.5 Å². The van der Waals surface area contributed by atoms with Crippen molar-refractivity contribution in [1.82, 2.24) is 4.98 Å². The predicted molar refractivity (Wildman–Crippen MR) is 61.7 cm³/mol. The van der Waals surface area contributed by atoms with E-state index in [1.807, 2.05) is 0 Å². The molecule has 98 valence electrons. The van der Waals surface area contributed by atoms with Crippen molar-refractivity contribution in [1.29, 1.82) is 0 Å². The predicted octanol–water partition coefficient (Wildman–Crippen LogP) is 3.46. The van der Waals surface area contributed by atoms with Crippen LogP contribution in [0.3, 0.4) is 0 Å². The van der Waals surface area contributed by atoms with Crippen molar-refractivity contribution in [2.45, 2.75) is 6.36 Å². The summed E-state index contributed by atoms with van der Waals surface area (Å²) in [5, 5.41) is 0. The van der Waals surface area contributed by atoms with Crippen LogP contribution in [0.2, 0.25) is 0 Å². The molecule has 2 aromatic rings. The molecule has 6 heteroatoms. The summed E-state index contributed by atoms with van der Waals surface area (Å²) in [7, 11) is 0. The molecule has 1 aromatic heterocycles. The third kappa shape index (κ3) is 3.31. The average Bonchev–Trinajstić information content (AvgIpc) is 2.37. The zero-order chi connectivity index (χ0) is 13.9. The number of carbonyl (C=O) groups is 1. The molecule has 0 saturated heterocycles. The Kier molecular flexibility index (Phi) is 3.50. The third-order valence-corrected chi connectivity index (χ3v) is 2.28. The number of hydrogen-bond donors (Lipinski definition) is 0. The van der Waals surface area contributed by atoms with E-state index in [1.54, 1.807) is 6.07 Å². The van der Waals surface area contributed by atoms with Gasteiger partial charge in [-0.05, 0) is 24.3 Å². The van der Waals surface area contributed by atoms with Crippen molar-refractivity contribution in [3.63, 3.8) is 0 Å². The highest BCUT2D eigenvalue weighted by molar-refractivity contribution is 5.75. The Morgan fingerprint density at radius 2 is 1.79 bits per heavy atom. The molecule has 0 amide bonds. The minimum atomic E-state index is -4.78. The van der Waals surface area contributed by atoms with Crippen LogP contribution in [0.5, 0.6) is 5.75 Å². The average molecular weight is 267 g/mol. The highest BCUT2D eigenvalue weighted by Gasteiger charge is 2.32. The molecule has 0 aliphatic rings. The van der Waals surface area contributed by atoms with Crippen molar-refractivity contribution in [3.05, 3.63) is 48.2 Å². The van der Waals surface area contributed by atoms with Gasteiger partial charge in [0.25, 0.3) is 0 Å². The van der Waals surface area contributed by atoms with E-state index in [1.165, 1.54) is 36.4 Å². The maximum Gasteiger partial charge on any atom is 0.573 e. The molecular formula is C13H8F3NO2. The molecule has 1 heterocycles.